The van der Waals surface area contributed by atoms with Crippen LogP contribution in [0.15, 0.2) is 22.7 Å². The maximum atomic E-state index is 12.1. The van der Waals surface area contributed by atoms with Crippen molar-refractivity contribution in [2.75, 3.05) is 25.5 Å². The highest BCUT2D eigenvalue weighted by atomic mass is 79.9. The zero-order chi connectivity index (χ0) is 16.0. The Morgan fingerprint density at radius 3 is 2.52 bits per heavy atom. The summed E-state index contributed by atoms with van der Waals surface area (Å²) < 4.78 is 0.451. The Kier molecular flexibility index (Phi) is 6.16. The Hall–Kier alpha value is -2.09. The summed E-state index contributed by atoms with van der Waals surface area (Å²) in [7, 11) is 1.48. The number of halogens is 1. The van der Waals surface area contributed by atoms with Crippen molar-refractivity contribution < 1.29 is 19.5 Å². The number of aromatic carboxylic acids is 1. The van der Waals surface area contributed by atoms with Gasteiger partial charge in [-0.1, -0.05) is 6.07 Å². The fourth-order valence-electron chi connectivity index (χ4n) is 1.60. The molecule has 1 aromatic rings. The number of carboxylic acid groups (broad SMARTS) is 1. The Morgan fingerprint density at radius 1 is 1.33 bits per heavy atom. The zero-order valence-electron chi connectivity index (χ0n) is 11.6. The maximum Gasteiger partial charge on any atom is 0.337 e. The van der Waals surface area contributed by atoms with Gasteiger partial charge in [-0.3, -0.25) is 4.79 Å². The Labute approximate surface area is 130 Å². The minimum absolute atomic E-state index is 0.0336. The summed E-state index contributed by atoms with van der Waals surface area (Å²) >= 11 is 3.20. The van der Waals surface area contributed by atoms with E-state index >= 15 is 0 Å². The topological polar surface area (TPSA) is 98.7 Å². The second-order valence-corrected chi connectivity index (χ2v) is 4.94. The molecule has 7 nitrogen and oxygen atoms in total. The number of urea groups is 1. The average Bonchev–Trinajstić information content (AvgIpc) is 2.45. The van der Waals surface area contributed by atoms with Crippen LogP contribution in [0.5, 0.6) is 0 Å². The SMILES string of the molecule is CCN(CC(=O)NC)C(=O)Nc1c(Br)cccc1C(=O)O. The minimum Gasteiger partial charge on any atom is -0.478 e. The lowest BCUT2D eigenvalue weighted by Gasteiger charge is -2.21. The van der Waals surface area contributed by atoms with Crippen LogP contribution in [0.4, 0.5) is 10.5 Å². The molecule has 3 N–H and O–H groups in total. The molecule has 0 unspecified atom stereocenters. The molecule has 0 aliphatic carbocycles. The van der Waals surface area contributed by atoms with Crippen LogP contribution >= 0.6 is 15.9 Å². The molecule has 0 heterocycles. The molecule has 0 atom stereocenters. The fourth-order valence-corrected chi connectivity index (χ4v) is 2.06. The maximum absolute atomic E-state index is 12.1. The van der Waals surface area contributed by atoms with Crippen LogP contribution in [0.25, 0.3) is 0 Å². The number of nitrogens with one attached hydrogen (secondary N) is 2. The van der Waals surface area contributed by atoms with Gasteiger partial charge in [0.05, 0.1) is 11.3 Å². The second-order valence-electron chi connectivity index (χ2n) is 4.09. The lowest BCUT2D eigenvalue weighted by molar-refractivity contribution is -0.121. The summed E-state index contributed by atoms with van der Waals surface area (Å²) in [4.78, 5) is 35.9. The van der Waals surface area contributed by atoms with Crippen LogP contribution < -0.4 is 10.6 Å². The van der Waals surface area contributed by atoms with Gasteiger partial charge >= 0.3 is 12.0 Å². The Bertz CT molecular complexity index is 562. The molecule has 0 saturated heterocycles. The Morgan fingerprint density at radius 2 is 2.00 bits per heavy atom. The molecule has 0 radical (unpaired) electrons. The van der Waals surface area contributed by atoms with Crippen LogP contribution in [0.2, 0.25) is 0 Å². The number of carbonyl (C=O) groups excluding carboxylic acids is 2. The van der Waals surface area contributed by atoms with Gasteiger partial charge in [-0.15, -0.1) is 0 Å². The van der Waals surface area contributed by atoms with Crippen molar-refractivity contribution in [3.8, 4) is 0 Å². The van der Waals surface area contributed by atoms with E-state index in [0.717, 1.165) is 0 Å². The van der Waals surface area contributed by atoms with E-state index in [0.29, 0.717) is 11.0 Å². The van der Waals surface area contributed by atoms with Gasteiger partial charge in [0.15, 0.2) is 0 Å². The summed E-state index contributed by atoms with van der Waals surface area (Å²) in [6.45, 7) is 1.93. The highest BCUT2D eigenvalue weighted by Crippen LogP contribution is 2.26. The molecule has 3 amide bonds. The average molecular weight is 358 g/mol. The highest BCUT2D eigenvalue weighted by Gasteiger charge is 2.19. The van der Waals surface area contributed by atoms with E-state index in [1.807, 2.05) is 0 Å². The van der Waals surface area contributed by atoms with E-state index in [1.165, 1.54) is 18.0 Å². The molecule has 0 saturated carbocycles. The van der Waals surface area contributed by atoms with Gasteiger partial charge < -0.3 is 20.6 Å². The third-order valence-corrected chi connectivity index (χ3v) is 3.42. The summed E-state index contributed by atoms with van der Waals surface area (Å²) in [5.74, 6) is -1.46. The summed E-state index contributed by atoms with van der Waals surface area (Å²) in [6, 6.07) is 4.02. The minimum atomic E-state index is -1.15. The third kappa shape index (κ3) is 4.45. The monoisotopic (exact) mass is 357 g/mol. The number of benzene rings is 1. The Balaban J connectivity index is 2.96. The molecule has 114 valence electrons. The molecule has 0 spiro atoms. The van der Waals surface area contributed by atoms with E-state index in [2.05, 4.69) is 26.6 Å². The van der Waals surface area contributed by atoms with Crippen LogP contribution in [-0.4, -0.2) is 48.1 Å². The molecule has 0 bridgehead atoms. The van der Waals surface area contributed by atoms with E-state index in [9.17, 15) is 14.4 Å². The van der Waals surface area contributed by atoms with E-state index < -0.39 is 12.0 Å². The van der Waals surface area contributed by atoms with Gasteiger partial charge in [0.1, 0.15) is 6.54 Å². The number of hydrogen-bond donors (Lipinski definition) is 3. The molecule has 0 aromatic heterocycles. The van der Waals surface area contributed by atoms with Crippen molar-refractivity contribution in [3.05, 3.63) is 28.2 Å². The predicted molar refractivity (Wildman–Crippen MR) is 81.4 cm³/mol. The fraction of sp³-hybridized carbons (Fsp3) is 0.308. The summed E-state index contributed by atoms with van der Waals surface area (Å²) in [5, 5.41) is 14.1. The number of amides is 3. The number of hydrogen-bond acceptors (Lipinski definition) is 3. The lowest BCUT2D eigenvalue weighted by Crippen LogP contribution is -2.42. The van der Waals surface area contributed by atoms with Crippen LogP contribution in [0, 0.1) is 0 Å². The smallest absolute Gasteiger partial charge is 0.337 e. The standard InChI is InChI=1S/C13H16BrN3O4/c1-3-17(7-10(18)15-2)13(21)16-11-8(12(19)20)5-4-6-9(11)14/h4-6H,3,7H2,1-2H3,(H,15,18)(H,16,21)(H,19,20). The van der Waals surface area contributed by atoms with E-state index in [1.54, 1.807) is 19.1 Å². The molecule has 0 aliphatic heterocycles. The largest absolute Gasteiger partial charge is 0.478 e. The van der Waals surface area contributed by atoms with Gasteiger partial charge in [-0.05, 0) is 35.0 Å². The van der Waals surface area contributed by atoms with E-state index in [4.69, 9.17) is 5.11 Å². The van der Waals surface area contributed by atoms with Crippen molar-refractivity contribution in [1.82, 2.24) is 10.2 Å². The first-order chi connectivity index (χ1) is 9.90. The number of rotatable bonds is 5. The van der Waals surface area contributed by atoms with Crippen molar-refractivity contribution in [2.24, 2.45) is 0 Å². The molecule has 21 heavy (non-hydrogen) atoms. The number of anilines is 1. The molecular weight excluding hydrogens is 342 g/mol. The number of carbonyl (C=O) groups is 3. The first-order valence-electron chi connectivity index (χ1n) is 6.19. The molecular formula is C13H16BrN3O4. The van der Waals surface area contributed by atoms with Crippen molar-refractivity contribution >= 4 is 39.5 Å². The van der Waals surface area contributed by atoms with Gasteiger partial charge in [0.25, 0.3) is 0 Å². The van der Waals surface area contributed by atoms with Crippen molar-refractivity contribution in [2.45, 2.75) is 6.92 Å². The number of nitrogens with zero attached hydrogens (tertiary/aromatic N) is 1. The second kappa shape index (κ2) is 7.63. The van der Waals surface area contributed by atoms with Crippen molar-refractivity contribution in [3.63, 3.8) is 0 Å². The number of carboxylic acids is 1. The van der Waals surface area contributed by atoms with Crippen LogP contribution in [0.3, 0.4) is 0 Å². The normalized spacial score (nSPS) is 9.86. The summed E-state index contributed by atoms with van der Waals surface area (Å²) in [6.07, 6.45) is 0. The molecule has 1 rings (SSSR count). The van der Waals surface area contributed by atoms with E-state index in [-0.39, 0.29) is 23.7 Å². The third-order valence-electron chi connectivity index (χ3n) is 2.76. The van der Waals surface area contributed by atoms with Crippen LogP contribution in [0.1, 0.15) is 17.3 Å². The van der Waals surface area contributed by atoms with Gasteiger partial charge in [-0.2, -0.15) is 0 Å². The van der Waals surface area contributed by atoms with Crippen molar-refractivity contribution in [1.29, 1.82) is 0 Å². The van der Waals surface area contributed by atoms with Crippen LogP contribution in [-0.2, 0) is 4.79 Å². The number of para-hydroxylation sites is 1. The molecule has 8 heteroatoms. The van der Waals surface area contributed by atoms with Gasteiger partial charge in [0, 0.05) is 18.1 Å². The molecule has 0 fully saturated rings. The quantitative estimate of drug-likeness (QED) is 0.747. The lowest BCUT2D eigenvalue weighted by atomic mass is 10.2. The molecule has 1 aromatic carbocycles. The zero-order valence-corrected chi connectivity index (χ0v) is 13.2. The summed E-state index contributed by atoms with van der Waals surface area (Å²) in [5.41, 5.74) is 0.124. The molecule has 0 aliphatic rings. The van der Waals surface area contributed by atoms with Gasteiger partial charge in [-0.25, -0.2) is 9.59 Å². The first-order valence-corrected chi connectivity index (χ1v) is 6.98. The highest BCUT2D eigenvalue weighted by molar-refractivity contribution is 9.10. The predicted octanol–water partition coefficient (Wildman–Crippen LogP) is 1.75. The first kappa shape index (κ1) is 17.0. The number of likely N-dealkylation sites (N-methyl/N-ethyl adjacent to an activating group) is 2. The van der Waals surface area contributed by atoms with Gasteiger partial charge in [0.2, 0.25) is 5.91 Å².